The van der Waals surface area contributed by atoms with Crippen molar-refractivity contribution in [2.45, 2.75) is 31.7 Å². The maximum atomic E-state index is 6.29. The summed E-state index contributed by atoms with van der Waals surface area (Å²) in [4.78, 5) is 7.95. The third-order valence-electron chi connectivity index (χ3n) is 3.71. The van der Waals surface area contributed by atoms with Crippen LogP contribution < -0.4 is 5.32 Å². The van der Waals surface area contributed by atoms with Crippen molar-refractivity contribution in [3.63, 3.8) is 0 Å². The van der Waals surface area contributed by atoms with Crippen molar-refractivity contribution in [1.82, 2.24) is 15.3 Å². The van der Waals surface area contributed by atoms with Gasteiger partial charge in [-0.15, -0.1) is 0 Å². The van der Waals surface area contributed by atoms with Gasteiger partial charge in [-0.3, -0.25) is 0 Å². The van der Waals surface area contributed by atoms with Gasteiger partial charge in [0.2, 0.25) is 0 Å². The molecule has 1 atom stereocenters. The fraction of sp³-hybridized carbons (Fsp3) is 0.400. The Morgan fingerprint density at radius 1 is 1.25 bits per heavy atom. The number of hydrogen-bond donors (Lipinski definition) is 2. The van der Waals surface area contributed by atoms with E-state index in [9.17, 15) is 0 Å². The first kappa shape index (κ1) is 14.1. The van der Waals surface area contributed by atoms with Crippen LogP contribution in [0.3, 0.4) is 0 Å². The number of imidazole rings is 1. The molecule has 0 saturated carbocycles. The van der Waals surface area contributed by atoms with E-state index in [-0.39, 0.29) is 0 Å². The molecule has 1 unspecified atom stereocenters. The van der Waals surface area contributed by atoms with Gasteiger partial charge in [-0.25, -0.2) is 4.98 Å². The van der Waals surface area contributed by atoms with Gasteiger partial charge in [-0.1, -0.05) is 46.4 Å². The molecule has 2 aromatic rings. The molecule has 0 radical (unpaired) electrons. The smallest absolute Gasteiger partial charge is 0.123 e. The normalized spacial score (nSPS) is 19.8. The number of nitrogens with zero attached hydrogens (tertiary/aromatic N) is 1. The molecule has 106 valence electrons. The van der Waals surface area contributed by atoms with Gasteiger partial charge in [0, 0.05) is 10.0 Å². The molecule has 0 bridgehead atoms. The summed E-state index contributed by atoms with van der Waals surface area (Å²) in [6.07, 6.45) is 6.82. The Bertz CT molecular complexity index is 589. The largest absolute Gasteiger partial charge is 0.341 e. The molecule has 1 aromatic heterocycles. The Morgan fingerprint density at radius 3 is 3.00 bits per heavy atom. The number of aromatic amines is 1. The van der Waals surface area contributed by atoms with Crippen molar-refractivity contribution in [2.75, 3.05) is 6.54 Å². The second-order valence-electron chi connectivity index (χ2n) is 5.16. The highest BCUT2D eigenvalue weighted by atomic mass is 79.9. The van der Waals surface area contributed by atoms with E-state index in [2.05, 4.69) is 31.2 Å². The molecule has 2 N–H and O–H groups in total. The second kappa shape index (κ2) is 6.29. The monoisotopic (exact) mass is 353 g/mol. The Labute approximate surface area is 132 Å². The van der Waals surface area contributed by atoms with Gasteiger partial charge in [0.1, 0.15) is 5.82 Å². The van der Waals surface area contributed by atoms with Gasteiger partial charge in [0.15, 0.2) is 0 Å². The summed E-state index contributed by atoms with van der Waals surface area (Å²) in [5.41, 5.74) is 1.96. The van der Waals surface area contributed by atoms with Crippen molar-refractivity contribution < 1.29 is 0 Å². The lowest BCUT2D eigenvalue weighted by atomic mass is 10.1. The number of aromatic nitrogens is 2. The standard InChI is InChI=1S/C15H17BrClN3/c16-10-5-6-11(12(17)8-10)14-9-19-15(20-14)13-4-2-1-3-7-18-13/h5-6,8-9,13,18H,1-4,7H2,(H,19,20). The van der Waals surface area contributed by atoms with E-state index in [0.717, 1.165) is 39.5 Å². The van der Waals surface area contributed by atoms with E-state index in [1.54, 1.807) is 0 Å². The Kier molecular flexibility index (Phi) is 4.44. The molecule has 3 nitrogen and oxygen atoms in total. The summed E-state index contributed by atoms with van der Waals surface area (Å²) in [6.45, 7) is 1.07. The minimum Gasteiger partial charge on any atom is -0.341 e. The maximum Gasteiger partial charge on any atom is 0.123 e. The maximum absolute atomic E-state index is 6.29. The fourth-order valence-corrected chi connectivity index (χ4v) is 3.40. The average molecular weight is 355 g/mol. The summed E-state index contributed by atoms with van der Waals surface area (Å²) < 4.78 is 0.983. The predicted molar refractivity (Wildman–Crippen MR) is 85.9 cm³/mol. The summed E-state index contributed by atoms with van der Waals surface area (Å²) in [7, 11) is 0. The lowest BCUT2D eigenvalue weighted by molar-refractivity contribution is 0.512. The van der Waals surface area contributed by atoms with Crippen LogP contribution in [0.15, 0.2) is 28.9 Å². The van der Waals surface area contributed by atoms with Crippen LogP contribution in [0.4, 0.5) is 0 Å². The quantitative estimate of drug-likeness (QED) is 0.821. The molecular weight excluding hydrogens is 338 g/mol. The Hall–Kier alpha value is -0.840. The lowest BCUT2D eigenvalue weighted by Gasteiger charge is -2.12. The van der Waals surface area contributed by atoms with E-state index in [1.807, 2.05) is 24.4 Å². The zero-order valence-electron chi connectivity index (χ0n) is 11.1. The van der Waals surface area contributed by atoms with Crippen molar-refractivity contribution in [3.8, 4) is 11.3 Å². The zero-order valence-corrected chi connectivity index (χ0v) is 13.5. The molecule has 1 saturated heterocycles. The lowest BCUT2D eigenvalue weighted by Crippen LogP contribution is -2.21. The van der Waals surface area contributed by atoms with Gasteiger partial charge in [-0.2, -0.15) is 0 Å². The molecule has 1 fully saturated rings. The van der Waals surface area contributed by atoms with Crippen LogP contribution in [0.1, 0.15) is 37.5 Å². The molecule has 20 heavy (non-hydrogen) atoms. The van der Waals surface area contributed by atoms with E-state index < -0.39 is 0 Å². The number of halogens is 2. The molecule has 3 rings (SSSR count). The van der Waals surface area contributed by atoms with Gasteiger partial charge in [0.25, 0.3) is 0 Å². The van der Waals surface area contributed by atoms with Crippen LogP contribution in [0.25, 0.3) is 11.3 Å². The third kappa shape index (κ3) is 3.08. The first-order valence-electron chi connectivity index (χ1n) is 6.98. The number of nitrogens with one attached hydrogen (secondary N) is 2. The van der Waals surface area contributed by atoms with E-state index in [1.165, 1.54) is 19.3 Å². The molecule has 1 aliphatic heterocycles. The van der Waals surface area contributed by atoms with Gasteiger partial charge in [0.05, 0.1) is 23.0 Å². The summed E-state index contributed by atoms with van der Waals surface area (Å²) in [5, 5.41) is 4.28. The van der Waals surface area contributed by atoms with Gasteiger partial charge < -0.3 is 10.3 Å². The Morgan fingerprint density at radius 2 is 2.15 bits per heavy atom. The van der Waals surface area contributed by atoms with Crippen molar-refractivity contribution >= 4 is 27.5 Å². The summed E-state index contributed by atoms with van der Waals surface area (Å²) in [6, 6.07) is 6.23. The molecule has 1 aliphatic rings. The first-order chi connectivity index (χ1) is 9.74. The van der Waals surface area contributed by atoms with E-state index in [0.29, 0.717) is 6.04 Å². The number of rotatable bonds is 2. The second-order valence-corrected chi connectivity index (χ2v) is 6.49. The number of hydrogen-bond acceptors (Lipinski definition) is 2. The predicted octanol–water partition coefficient (Wildman–Crippen LogP) is 4.70. The van der Waals surface area contributed by atoms with Crippen LogP contribution in [0.5, 0.6) is 0 Å². The molecule has 5 heteroatoms. The van der Waals surface area contributed by atoms with Crippen molar-refractivity contribution in [2.24, 2.45) is 0 Å². The minimum atomic E-state index is 0.334. The SMILES string of the molecule is Clc1cc(Br)ccc1-c1cnc(C2CCCCCN2)[nH]1. The fourth-order valence-electron chi connectivity index (χ4n) is 2.62. The van der Waals surface area contributed by atoms with Crippen LogP contribution in [-0.4, -0.2) is 16.5 Å². The molecule has 0 aliphatic carbocycles. The summed E-state index contributed by atoms with van der Waals surface area (Å²) >= 11 is 9.72. The van der Waals surface area contributed by atoms with E-state index >= 15 is 0 Å². The number of H-pyrrole nitrogens is 1. The molecule has 0 amide bonds. The molecule has 1 aromatic carbocycles. The van der Waals surface area contributed by atoms with Gasteiger partial charge >= 0.3 is 0 Å². The highest BCUT2D eigenvalue weighted by molar-refractivity contribution is 9.10. The molecule has 2 heterocycles. The topological polar surface area (TPSA) is 40.7 Å². The van der Waals surface area contributed by atoms with Crippen LogP contribution in [0.2, 0.25) is 5.02 Å². The highest BCUT2D eigenvalue weighted by Crippen LogP contribution is 2.30. The number of benzene rings is 1. The van der Waals surface area contributed by atoms with E-state index in [4.69, 9.17) is 11.6 Å². The average Bonchev–Trinajstić information content (AvgIpc) is 2.74. The van der Waals surface area contributed by atoms with Crippen LogP contribution in [-0.2, 0) is 0 Å². The summed E-state index contributed by atoms with van der Waals surface area (Å²) in [5.74, 6) is 1.01. The zero-order chi connectivity index (χ0) is 13.9. The van der Waals surface area contributed by atoms with Gasteiger partial charge in [-0.05, 0) is 31.5 Å². The molecule has 0 spiro atoms. The highest BCUT2D eigenvalue weighted by Gasteiger charge is 2.17. The first-order valence-corrected chi connectivity index (χ1v) is 8.15. The van der Waals surface area contributed by atoms with Crippen molar-refractivity contribution in [1.29, 1.82) is 0 Å². The minimum absolute atomic E-state index is 0.334. The third-order valence-corrected chi connectivity index (χ3v) is 4.51. The van der Waals surface area contributed by atoms with Crippen LogP contribution in [0, 0.1) is 0 Å². The van der Waals surface area contributed by atoms with Crippen LogP contribution >= 0.6 is 27.5 Å². The Balaban J connectivity index is 1.85. The molecular formula is C15H17BrClN3. The van der Waals surface area contributed by atoms with Crippen molar-refractivity contribution in [3.05, 3.63) is 39.7 Å².